The second-order valence-corrected chi connectivity index (χ2v) is 5.09. The maximum absolute atomic E-state index is 6.24. The Labute approximate surface area is 114 Å². The predicted molar refractivity (Wildman–Crippen MR) is 76.8 cm³/mol. The summed E-state index contributed by atoms with van der Waals surface area (Å²) in [7, 11) is 0. The number of nitrogens with two attached hydrogens (primary N) is 1. The molecule has 0 fully saturated rings. The smallest absolute Gasteiger partial charge is 0.0643 e. The normalized spacial score (nSPS) is 14.3. The maximum atomic E-state index is 6.24. The molecule has 0 radical (unpaired) electrons. The lowest BCUT2D eigenvalue weighted by Gasteiger charge is -2.11. The summed E-state index contributed by atoms with van der Waals surface area (Å²) in [4.78, 5) is 4.19. The van der Waals surface area contributed by atoms with Gasteiger partial charge in [0.25, 0.3) is 0 Å². The Morgan fingerprint density at radius 2 is 2.16 bits per heavy atom. The molecule has 4 heteroatoms. The fraction of sp³-hybridized carbons (Fsp3) is 0.467. The molecule has 0 saturated carbocycles. The van der Waals surface area contributed by atoms with Gasteiger partial charge in [0.05, 0.1) is 5.69 Å². The Balaban J connectivity index is 2.06. The van der Waals surface area contributed by atoms with Crippen LogP contribution < -0.4 is 5.73 Å². The lowest BCUT2D eigenvalue weighted by atomic mass is 10.0. The monoisotopic (exact) mass is 258 g/mol. The van der Waals surface area contributed by atoms with E-state index in [2.05, 4.69) is 30.0 Å². The first kappa shape index (κ1) is 13.7. The summed E-state index contributed by atoms with van der Waals surface area (Å²) in [5.74, 6) is 0. The molecule has 19 heavy (non-hydrogen) atoms. The molecule has 2 heterocycles. The molecule has 0 amide bonds. The van der Waals surface area contributed by atoms with E-state index in [-0.39, 0.29) is 6.04 Å². The van der Waals surface area contributed by atoms with Crippen LogP contribution in [0.2, 0.25) is 0 Å². The SMILES string of the molecule is CCC(C)n1ccc(CC(N)c2ccnc(C)c2)n1. The van der Waals surface area contributed by atoms with Crippen molar-refractivity contribution >= 4 is 0 Å². The quantitative estimate of drug-likeness (QED) is 0.897. The van der Waals surface area contributed by atoms with Crippen molar-refractivity contribution in [1.82, 2.24) is 14.8 Å². The van der Waals surface area contributed by atoms with Gasteiger partial charge in [0.15, 0.2) is 0 Å². The highest BCUT2D eigenvalue weighted by Crippen LogP contribution is 2.16. The summed E-state index contributed by atoms with van der Waals surface area (Å²) in [6.07, 6.45) is 5.68. The number of hydrogen-bond acceptors (Lipinski definition) is 3. The summed E-state index contributed by atoms with van der Waals surface area (Å²) < 4.78 is 2.01. The van der Waals surface area contributed by atoms with Crippen LogP contribution in [0.25, 0.3) is 0 Å². The van der Waals surface area contributed by atoms with Crippen LogP contribution in [-0.4, -0.2) is 14.8 Å². The summed E-state index contributed by atoms with van der Waals surface area (Å²) in [5, 5.41) is 4.59. The molecular weight excluding hydrogens is 236 g/mol. The number of hydrogen-bond donors (Lipinski definition) is 1. The Bertz CT molecular complexity index is 532. The maximum Gasteiger partial charge on any atom is 0.0643 e. The van der Waals surface area contributed by atoms with Crippen LogP contribution in [0.1, 0.15) is 49.3 Å². The number of pyridine rings is 1. The van der Waals surface area contributed by atoms with Crippen molar-refractivity contribution in [3.8, 4) is 0 Å². The van der Waals surface area contributed by atoms with Crippen LogP contribution in [-0.2, 0) is 6.42 Å². The summed E-state index contributed by atoms with van der Waals surface area (Å²) in [6, 6.07) is 6.48. The Morgan fingerprint density at radius 1 is 1.37 bits per heavy atom. The van der Waals surface area contributed by atoms with Crippen molar-refractivity contribution in [2.45, 2.75) is 45.7 Å². The highest BCUT2D eigenvalue weighted by molar-refractivity contribution is 5.20. The van der Waals surface area contributed by atoms with Gasteiger partial charge in [-0.05, 0) is 44.0 Å². The van der Waals surface area contributed by atoms with Gasteiger partial charge in [0.1, 0.15) is 0 Å². The lowest BCUT2D eigenvalue weighted by molar-refractivity contribution is 0.472. The van der Waals surface area contributed by atoms with E-state index in [1.165, 1.54) is 0 Å². The summed E-state index contributed by atoms with van der Waals surface area (Å²) in [5.41, 5.74) is 9.40. The third-order valence-corrected chi connectivity index (χ3v) is 3.48. The molecule has 0 spiro atoms. The number of aromatic nitrogens is 3. The molecule has 2 N–H and O–H groups in total. The zero-order valence-corrected chi connectivity index (χ0v) is 11.9. The van der Waals surface area contributed by atoms with E-state index in [4.69, 9.17) is 5.73 Å². The molecule has 0 aromatic carbocycles. The topological polar surface area (TPSA) is 56.7 Å². The standard InChI is InChI=1S/C15H22N4/c1-4-12(3)19-8-6-14(18-19)10-15(16)13-5-7-17-11(2)9-13/h5-9,12,15H,4,10,16H2,1-3H3. The zero-order chi connectivity index (χ0) is 13.8. The largest absolute Gasteiger partial charge is 0.324 e. The van der Waals surface area contributed by atoms with Crippen molar-refractivity contribution in [2.24, 2.45) is 5.73 Å². The minimum Gasteiger partial charge on any atom is -0.324 e. The molecule has 2 atom stereocenters. The van der Waals surface area contributed by atoms with E-state index >= 15 is 0 Å². The van der Waals surface area contributed by atoms with Gasteiger partial charge in [-0.15, -0.1) is 0 Å². The Kier molecular flexibility index (Phi) is 4.32. The highest BCUT2D eigenvalue weighted by Gasteiger charge is 2.11. The first-order valence-corrected chi connectivity index (χ1v) is 6.82. The minimum absolute atomic E-state index is 0.0259. The molecule has 2 aromatic heterocycles. The first-order valence-electron chi connectivity index (χ1n) is 6.82. The molecule has 0 saturated heterocycles. The lowest BCUT2D eigenvalue weighted by Crippen LogP contribution is -2.14. The van der Waals surface area contributed by atoms with Crippen molar-refractivity contribution in [2.75, 3.05) is 0 Å². The third-order valence-electron chi connectivity index (χ3n) is 3.48. The van der Waals surface area contributed by atoms with Gasteiger partial charge in [-0.1, -0.05) is 6.92 Å². The van der Waals surface area contributed by atoms with E-state index in [1.54, 1.807) is 0 Å². The molecule has 0 aliphatic rings. The van der Waals surface area contributed by atoms with Crippen molar-refractivity contribution in [3.63, 3.8) is 0 Å². The molecule has 2 rings (SSSR count). The van der Waals surface area contributed by atoms with Crippen LogP contribution in [0.4, 0.5) is 0 Å². The van der Waals surface area contributed by atoms with Gasteiger partial charge in [-0.25, -0.2) is 0 Å². The Hall–Kier alpha value is -1.68. The molecule has 0 aliphatic heterocycles. The van der Waals surface area contributed by atoms with Crippen molar-refractivity contribution in [1.29, 1.82) is 0 Å². The predicted octanol–water partition coefficient (Wildman–Crippen LogP) is 2.80. The van der Waals surface area contributed by atoms with Gasteiger partial charge in [-0.3, -0.25) is 9.67 Å². The van der Waals surface area contributed by atoms with Crippen LogP contribution in [0.5, 0.6) is 0 Å². The summed E-state index contributed by atoms with van der Waals surface area (Å²) in [6.45, 7) is 6.31. The average molecular weight is 258 g/mol. The van der Waals surface area contributed by atoms with Gasteiger partial charge in [0.2, 0.25) is 0 Å². The van der Waals surface area contributed by atoms with Gasteiger partial charge in [-0.2, -0.15) is 5.10 Å². The van der Waals surface area contributed by atoms with Gasteiger partial charge < -0.3 is 5.73 Å². The van der Waals surface area contributed by atoms with E-state index in [0.29, 0.717) is 6.04 Å². The zero-order valence-electron chi connectivity index (χ0n) is 11.9. The van der Waals surface area contributed by atoms with Gasteiger partial charge in [0, 0.05) is 36.6 Å². The minimum atomic E-state index is -0.0259. The van der Waals surface area contributed by atoms with E-state index in [0.717, 1.165) is 29.8 Å². The molecule has 2 unspecified atom stereocenters. The van der Waals surface area contributed by atoms with Crippen molar-refractivity contribution in [3.05, 3.63) is 47.5 Å². The third kappa shape index (κ3) is 3.41. The molecule has 2 aromatic rings. The van der Waals surface area contributed by atoms with E-state index in [1.807, 2.05) is 36.1 Å². The van der Waals surface area contributed by atoms with E-state index in [9.17, 15) is 0 Å². The number of aryl methyl sites for hydroxylation is 1. The average Bonchev–Trinajstić information content (AvgIpc) is 2.86. The number of nitrogens with zero attached hydrogens (tertiary/aromatic N) is 3. The van der Waals surface area contributed by atoms with Gasteiger partial charge >= 0.3 is 0 Å². The second-order valence-electron chi connectivity index (χ2n) is 5.09. The fourth-order valence-corrected chi connectivity index (χ4v) is 2.06. The van der Waals surface area contributed by atoms with Crippen LogP contribution in [0, 0.1) is 6.92 Å². The molecule has 4 nitrogen and oxygen atoms in total. The fourth-order valence-electron chi connectivity index (χ4n) is 2.06. The molecule has 0 bridgehead atoms. The Morgan fingerprint density at radius 3 is 2.84 bits per heavy atom. The van der Waals surface area contributed by atoms with Crippen molar-refractivity contribution < 1.29 is 0 Å². The van der Waals surface area contributed by atoms with Crippen LogP contribution in [0.15, 0.2) is 30.6 Å². The number of rotatable bonds is 5. The van der Waals surface area contributed by atoms with Crippen LogP contribution in [0.3, 0.4) is 0 Å². The molecule has 0 aliphatic carbocycles. The molecule has 102 valence electrons. The highest BCUT2D eigenvalue weighted by atomic mass is 15.3. The van der Waals surface area contributed by atoms with Crippen LogP contribution >= 0.6 is 0 Å². The first-order chi connectivity index (χ1) is 9.10. The second kappa shape index (κ2) is 5.97. The van der Waals surface area contributed by atoms with E-state index < -0.39 is 0 Å². The summed E-state index contributed by atoms with van der Waals surface area (Å²) >= 11 is 0. The molecular formula is C15H22N4.